The molecule has 8 heteroatoms. The standard InChI is InChI=1S/C31H34N4O4/c1-20-16-25-18-27(38-3)28(39-4)19-26(25)29(33-35(20)31(37)32-2)22-12-10-21(11-13-22)23-8-7-9-24(17-23)30(36)34-14-5-6-15-34/h7-13,17-20H,5-6,14-16H2,1-4H3,(H,32,37). The van der Waals surface area contributed by atoms with Crippen LogP contribution in [0.2, 0.25) is 0 Å². The van der Waals surface area contributed by atoms with Gasteiger partial charge in [-0.25, -0.2) is 9.80 Å². The molecular formula is C31H34N4O4. The molecule has 1 N–H and O–H groups in total. The van der Waals surface area contributed by atoms with E-state index in [0.717, 1.165) is 53.7 Å². The molecule has 2 aliphatic rings. The minimum atomic E-state index is -0.275. The number of ether oxygens (including phenoxy) is 2. The second kappa shape index (κ2) is 11.2. The molecule has 202 valence electrons. The molecule has 1 fully saturated rings. The number of hydrogen-bond donors (Lipinski definition) is 1. The number of carbonyl (C=O) groups is 2. The fraction of sp³-hybridized carbons (Fsp3) is 0.323. The van der Waals surface area contributed by atoms with Crippen LogP contribution in [0.4, 0.5) is 4.79 Å². The van der Waals surface area contributed by atoms with E-state index in [1.165, 1.54) is 5.01 Å². The Morgan fingerprint density at radius 1 is 0.897 bits per heavy atom. The molecule has 1 unspecified atom stereocenters. The Morgan fingerprint density at radius 3 is 2.23 bits per heavy atom. The van der Waals surface area contributed by atoms with Gasteiger partial charge in [-0.05, 0) is 67.1 Å². The van der Waals surface area contributed by atoms with Gasteiger partial charge in [0, 0.05) is 36.8 Å². The lowest BCUT2D eigenvalue weighted by Crippen LogP contribution is -2.41. The summed E-state index contributed by atoms with van der Waals surface area (Å²) in [5, 5.41) is 9.04. The number of fused-ring (bicyclic) bond motifs is 1. The number of benzene rings is 3. The molecule has 0 saturated carbocycles. The minimum Gasteiger partial charge on any atom is -0.493 e. The first-order chi connectivity index (χ1) is 18.9. The van der Waals surface area contributed by atoms with Crippen LogP contribution >= 0.6 is 0 Å². The molecule has 3 aromatic carbocycles. The van der Waals surface area contributed by atoms with Gasteiger partial charge in [-0.1, -0.05) is 36.4 Å². The topological polar surface area (TPSA) is 83.5 Å². The summed E-state index contributed by atoms with van der Waals surface area (Å²) in [6.07, 6.45) is 2.73. The molecule has 5 rings (SSSR count). The molecule has 2 heterocycles. The Kier molecular flexibility index (Phi) is 7.54. The maximum atomic E-state index is 12.9. The SMILES string of the molecule is CNC(=O)N1N=C(c2ccc(-c3cccc(C(=O)N4CCCC4)c3)cc2)c2cc(OC)c(OC)cc2CC1C. The Labute approximate surface area is 229 Å². The molecule has 2 aliphatic heterocycles. The molecule has 0 radical (unpaired) electrons. The number of urea groups is 1. The van der Waals surface area contributed by atoms with Crippen molar-refractivity contribution < 1.29 is 19.1 Å². The first-order valence-electron chi connectivity index (χ1n) is 13.3. The lowest BCUT2D eigenvalue weighted by molar-refractivity contribution is 0.0793. The van der Waals surface area contributed by atoms with Crippen LogP contribution in [0, 0.1) is 0 Å². The van der Waals surface area contributed by atoms with Crippen molar-refractivity contribution in [3.8, 4) is 22.6 Å². The van der Waals surface area contributed by atoms with E-state index in [0.29, 0.717) is 29.2 Å². The van der Waals surface area contributed by atoms with Crippen LogP contribution in [0.15, 0.2) is 65.8 Å². The van der Waals surface area contributed by atoms with Gasteiger partial charge in [-0.15, -0.1) is 0 Å². The number of hydrogen-bond acceptors (Lipinski definition) is 5. The molecule has 3 amide bonds. The molecule has 8 nitrogen and oxygen atoms in total. The zero-order chi connectivity index (χ0) is 27.5. The molecule has 0 spiro atoms. The highest BCUT2D eigenvalue weighted by Crippen LogP contribution is 2.35. The third-order valence-electron chi connectivity index (χ3n) is 7.42. The summed E-state index contributed by atoms with van der Waals surface area (Å²) in [5.74, 6) is 1.32. The highest BCUT2D eigenvalue weighted by molar-refractivity contribution is 6.14. The highest BCUT2D eigenvalue weighted by atomic mass is 16.5. The van der Waals surface area contributed by atoms with Gasteiger partial charge in [0.15, 0.2) is 11.5 Å². The van der Waals surface area contributed by atoms with E-state index >= 15 is 0 Å². The van der Waals surface area contributed by atoms with Crippen LogP contribution in [0.3, 0.4) is 0 Å². The second-order valence-corrected chi connectivity index (χ2v) is 9.92. The summed E-state index contributed by atoms with van der Waals surface area (Å²) < 4.78 is 11.1. The normalized spacial score (nSPS) is 16.7. The predicted octanol–water partition coefficient (Wildman–Crippen LogP) is 4.95. The van der Waals surface area contributed by atoms with E-state index in [-0.39, 0.29) is 18.0 Å². The first-order valence-corrected chi connectivity index (χ1v) is 13.3. The number of methoxy groups -OCH3 is 2. The molecule has 39 heavy (non-hydrogen) atoms. The van der Waals surface area contributed by atoms with Crippen LogP contribution in [0.1, 0.15) is 46.8 Å². The zero-order valence-electron chi connectivity index (χ0n) is 22.9. The van der Waals surface area contributed by atoms with Crippen molar-refractivity contribution in [3.05, 3.63) is 82.9 Å². The number of hydrazone groups is 1. The lowest BCUT2D eigenvalue weighted by atomic mass is 9.93. The molecule has 3 aromatic rings. The van der Waals surface area contributed by atoms with Gasteiger partial charge in [0.25, 0.3) is 5.91 Å². The van der Waals surface area contributed by atoms with Gasteiger partial charge >= 0.3 is 6.03 Å². The molecule has 0 aromatic heterocycles. The third kappa shape index (κ3) is 5.19. The summed E-state index contributed by atoms with van der Waals surface area (Å²) in [6, 6.07) is 19.3. The van der Waals surface area contributed by atoms with Crippen molar-refractivity contribution in [2.75, 3.05) is 34.4 Å². The Bertz CT molecular complexity index is 1410. The van der Waals surface area contributed by atoms with Gasteiger partial charge in [0.2, 0.25) is 0 Å². The number of likely N-dealkylation sites (tertiary alicyclic amines) is 1. The van der Waals surface area contributed by atoms with Gasteiger partial charge in [-0.3, -0.25) is 4.79 Å². The number of amides is 3. The zero-order valence-corrected chi connectivity index (χ0v) is 22.9. The van der Waals surface area contributed by atoms with E-state index in [1.54, 1.807) is 21.3 Å². The van der Waals surface area contributed by atoms with Gasteiger partial charge in [0.05, 0.1) is 26.0 Å². The smallest absolute Gasteiger partial charge is 0.337 e. The summed E-state index contributed by atoms with van der Waals surface area (Å²) in [4.78, 5) is 27.6. The molecule has 1 atom stereocenters. The summed E-state index contributed by atoms with van der Waals surface area (Å²) in [6.45, 7) is 3.62. The van der Waals surface area contributed by atoms with E-state index in [4.69, 9.17) is 14.6 Å². The van der Waals surface area contributed by atoms with Crippen molar-refractivity contribution in [2.24, 2.45) is 5.10 Å². The van der Waals surface area contributed by atoms with Crippen molar-refractivity contribution in [2.45, 2.75) is 32.2 Å². The minimum absolute atomic E-state index is 0.0863. The third-order valence-corrected chi connectivity index (χ3v) is 7.42. The number of nitrogens with zero attached hydrogens (tertiary/aromatic N) is 3. The maximum absolute atomic E-state index is 12.9. The van der Waals surface area contributed by atoms with Gasteiger partial charge < -0.3 is 19.7 Å². The number of nitrogens with one attached hydrogen (secondary N) is 1. The molecular weight excluding hydrogens is 492 g/mol. The second-order valence-electron chi connectivity index (χ2n) is 9.92. The Morgan fingerprint density at radius 2 is 1.56 bits per heavy atom. The first kappa shape index (κ1) is 26.3. The maximum Gasteiger partial charge on any atom is 0.337 e. The number of carbonyl (C=O) groups excluding carboxylic acids is 2. The molecule has 1 saturated heterocycles. The van der Waals surface area contributed by atoms with Gasteiger partial charge in [-0.2, -0.15) is 5.10 Å². The summed E-state index contributed by atoms with van der Waals surface area (Å²) in [5.41, 5.74) is 6.11. The van der Waals surface area contributed by atoms with E-state index < -0.39 is 0 Å². The molecule has 0 aliphatic carbocycles. The molecule has 0 bridgehead atoms. The quantitative estimate of drug-likeness (QED) is 0.510. The van der Waals surface area contributed by atoms with Crippen molar-refractivity contribution in [1.29, 1.82) is 0 Å². The average molecular weight is 527 g/mol. The fourth-order valence-corrected chi connectivity index (χ4v) is 5.30. The van der Waals surface area contributed by atoms with Crippen LogP contribution in [0.5, 0.6) is 11.5 Å². The van der Waals surface area contributed by atoms with Gasteiger partial charge in [0.1, 0.15) is 0 Å². The average Bonchev–Trinajstić information content (AvgIpc) is 3.47. The number of rotatable bonds is 5. The summed E-state index contributed by atoms with van der Waals surface area (Å²) >= 11 is 0. The lowest BCUT2D eigenvalue weighted by Gasteiger charge is -2.22. The van der Waals surface area contributed by atoms with Crippen molar-refractivity contribution >= 4 is 17.6 Å². The van der Waals surface area contributed by atoms with E-state index in [9.17, 15) is 9.59 Å². The fourth-order valence-electron chi connectivity index (χ4n) is 5.30. The van der Waals surface area contributed by atoms with Crippen molar-refractivity contribution in [3.63, 3.8) is 0 Å². The Balaban J connectivity index is 1.53. The predicted molar refractivity (Wildman–Crippen MR) is 152 cm³/mol. The largest absolute Gasteiger partial charge is 0.493 e. The van der Waals surface area contributed by atoms with Crippen LogP contribution in [0.25, 0.3) is 11.1 Å². The van der Waals surface area contributed by atoms with Crippen LogP contribution in [-0.2, 0) is 6.42 Å². The van der Waals surface area contributed by atoms with E-state index in [1.807, 2.05) is 72.5 Å². The monoisotopic (exact) mass is 526 g/mol. The highest BCUT2D eigenvalue weighted by Gasteiger charge is 2.28. The Hall–Kier alpha value is -4.33. The van der Waals surface area contributed by atoms with Crippen LogP contribution < -0.4 is 14.8 Å². The summed E-state index contributed by atoms with van der Waals surface area (Å²) in [7, 11) is 4.82. The van der Waals surface area contributed by atoms with E-state index in [2.05, 4.69) is 5.32 Å². The van der Waals surface area contributed by atoms with Crippen LogP contribution in [-0.4, -0.2) is 68.0 Å². The van der Waals surface area contributed by atoms with Crippen molar-refractivity contribution in [1.82, 2.24) is 15.2 Å².